The van der Waals surface area contributed by atoms with Crippen LogP contribution >= 0.6 is 0 Å². The van der Waals surface area contributed by atoms with Crippen molar-refractivity contribution in [3.05, 3.63) is 91.0 Å². The number of para-hydroxylation sites is 3. The molecule has 0 saturated heterocycles. The van der Waals surface area contributed by atoms with Gasteiger partial charge in [-0.1, -0.05) is 54.6 Å². The van der Waals surface area contributed by atoms with Gasteiger partial charge in [-0.05, 0) is 36.4 Å². The summed E-state index contributed by atoms with van der Waals surface area (Å²) in [5.41, 5.74) is 3.50. The first-order valence-electron chi connectivity index (χ1n) is 7.31. The summed E-state index contributed by atoms with van der Waals surface area (Å²) in [6, 6.07) is 31.3. The molecule has 3 rings (SSSR count). The van der Waals surface area contributed by atoms with Crippen LogP contribution in [0.15, 0.2) is 91.0 Å². The van der Waals surface area contributed by atoms with Crippen molar-refractivity contribution in [2.24, 2.45) is 0 Å². The maximum atomic E-state index is 8.35. The Balaban J connectivity index is 0.000000460. The van der Waals surface area contributed by atoms with Crippen LogP contribution in [0.1, 0.15) is 0 Å². The van der Waals surface area contributed by atoms with Crippen molar-refractivity contribution in [3.8, 4) is 0 Å². The van der Waals surface area contributed by atoms with Crippen LogP contribution in [-0.2, 0) is 9.59 Å². The first-order valence-corrected chi connectivity index (χ1v) is 7.31. The van der Waals surface area contributed by atoms with E-state index in [-0.39, 0.29) is 0 Å². The zero-order valence-corrected chi connectivity index (χ0v) is 13.4. The number of anilines is 3. The largest absolute Gasteiger partial charge is 0.311 e. The summed E-state index contributed by atoms with van der Waals surface area (Å²) in [5.74, 6) is 0. The zero-order valence-electron chi connectivity index (χ0n) is 13.4. The number of benzene rings is 3. The van der Waals surface area contributed by atoms with Crippen molar-refractivity contribution >= 4 is 29.2 Å². The highest BCUT2D eigenvalue weighted by Crippen LogP contribution is 2.33. The molecule has 0 aliphatic rings. The average molecular weight is 331 g/mol. The minimum absolute atomic E-state index is 0.750. The SMILES string of the molecule is N=C=O.N=C=O.c1ccc(N(c2ccccc2)c2ccccc2)cc1. The number of hydrogen-bond donors (Lipinski definition) is 2. The summed E-state index contributed by atoms with van der Waals surface area (Å²) in [6.45, 7) is 0. The molecule has 5 heteroatoms. The molecule has 0 bridgehead atoms. The number of nitrogens with one attached hydrogen (secondary N) is 2. The topological polar surface area (TPSA) is 85.1 Å². The van der Waals surface area contributed by atoms with Crippen LogP contribution in [0, 0.1) is 10.8 Å². The van der Waals surface area contributed by atoms with E-state index in [4.69, 9.17) is 20.4 Å². The summed E-state index contributed by atoms with van der Waals surface area (Å²) in [6.07, 6.45) is 1.50. The van der Waals surface area contributed by atoms with E-state index in [9.17, 15) is 0 Å². The second kappa shape index (κ2) is 11.7. The molecule has 3 aromatic rings. The molecular weight excluding hydrogens is 314 g/mol. The van der Waals surface area contributed by atoms with Crippen molar-refractivity contribution in [2.45, 2.75) is 0 Å². The summed E-state index contributed by atoms with van der Waals surface area (Å²) < 4.78 is 0. The second-order valence-corrected chi connectivity index (χ2v) is 4.55. The van der Waals surface area contributed by atoms with E-state index >= 15 is 0 Å². The normalized spacial score (nSPS) is 8.32. The van der Waals surface area contributed by atoms with Gasteiger partial charge in [-0.3, -0.25) is 0 Å². The fourth-order valence-corrected chi connectivity index (χ4v) is 2.18. The molecule has 0 atom stereocenters. The van der Waals surface area contributed by atoms with Gasteiger partial charge in [0.1, 0.15) is 0 Å². The molecule has 5 nitrogen and oxygen atoms in total. The van der Waals surface area contributed by atoms with Crippen molar-refractivity contribution in [2.75, 3.05) is 4.90 Å². The molecule has 124 valence electrons. The van der Waals surface area contributed by atoms with Crippen LogP contribution in [0.4, 0.5) is 17.1 Å². The summed E-state index contributed by atoms with van der Waals surface area (Å²) >= 11 is 0. The Labute approximate surface area is 146 Å². The Bertz CT molecular complexity index is 688. The average Bonchev–Trinajstić information content (AvgIpc) is 2.66. The van der Waals surface area contributed by atoms with Crippen LogP contribution in [0.3, 0.4) is 0 Å². The Morgan fingerprint density at radius 2 is 0.720 bits per heavy atom. The van der Waals surface area contributed by atoms with E-state index < -0.39 is 0 Å². The third-order valence-corrected chi connectivity index (χ3v) is 3.04. The Morgan fingerprint density at radius 1 is 0.520 bits per heavy atom. The fraction of sp³-hybridized carbons (Fsp3) is 0. The number of nitrogens with zero attached hydrogens (tertiary/aromatic N) is 1. The molecule has 0 radical (unpaired) electrons. The van der Waals surface area contributed by atoms with Gasteiger partial charge in [-0.2, -0.15) is 0 Å². The lowest BCUT2D eigenvalue weighted by Gasteiger charge is -2.25. The third kappa shape index (κ3) is 6.47. The molecule has 25 heavy (non-hydrogen) atoms. The minimum Gasteiger partial charge on any atom is -0.311 e. The first kappa shape index (κ1) is 19.3. The van der Waals surface area contributed by atoms with Crippen LogP contribution < -0.4 is 4.90 Å². The smallest absolute Gasteiger partial charge is 0.231 e. The highest BCUT2D eigenvalue weighted by molar-refractivity contribution is 5.76. The summed E-state index contributed by atoms with van der Waals surface area (Å²) in [7, 11) is 0. The molecule has 0 heterocycles. The predicted molar refractivity (Wildman–Crippen MR) is 98.0 cm³/mol. The van der Waals surface area contributed by atoms with Crippen LogP contribution in [0.5, 0.6) is 0 Å². The molecule has 0 unspecified atom stereocenters. The molecule has 0 saturated carbocycles. The van der Waals surface area contributed by atoms with Crippen molar-refractivity contribution < 1.29 is 9.59 Å². The summed E-state index contributed by atoms with van der Waals surface area (Å²) in [4.78, 5) is 18.9. The molecule has 0 amide bonds. The number of hydrogen-bond acceptors (Lipinski definition) is 5. The lowest BCUT2D eigenvalue weighted by molar-refractivity contribution is 0.562. The molecule has 2 N–H and O–H groups in total. The lowest BCUT2D eigenvalue weighted by atomic mass is 10.2. The number of isocyanates is 2. The van der Waals surface area contributed by atoms with Gasteiger partial charge in [-0.25, -0.2) is 20.4 Å². The van der Waals surface area contributed by atoms with E-state index in [1.54, 1.807) is 0 Å². The third-order valence-electron chi connectivity index (χ3n) is 3.04. The molecule has 0 fully saturated rings. The van der Waals surface area contributed by atoms with Gasteiger partial charge in [0.05, 0.1) is 0 Å². The van der Waals surface area contributed by atoms with Gasteiger partial charge in [0.15, 0.2) is 0 Å². The van der Waals surface area contributed by atoms with E-state index in [0.29, 0.717) is 0 Å². The standard InChI is InChI=1S/C18H15N.2CHNO/c1-4-10-16(11-5-1)19(17-12-6-2-7-13-17)18-14-8-3-9-15-18;2*2-1-3/h1-15H;2*2H. The Kier molecular flexibility index (Phi) is 9.05. The van der Waals surface area contributed by atoms with Crippen molar-refractivity contribution in [3.63, 3.8) is 0 Å². The fourth-order valence-electron chi connectivity index (χ4n) is 2.18. The zero-order chi connectivity index (χ0) is 18.3. The minimum atomic E-state index is 0.750. The van der Waals surface area contributed by atoms with Crippen LogP contribution in [-0.4, -0.2) is 12.2 Å². The molecule has 0 aliphatic heterocycles. The van der Waals surface area contributed by atoms with E-state index in [1.165, 1.54) is 17.1 Å². The molecule has 0 aliphatic carbocycles. The van der Waals surface area contributed by atoms with Crippen molar-refractivity contribution in [1.29, 1.82) is 10.8 Å². The van der Waals surface area contributed by atoms with Gasteiger partial charge in [0, 0.05) is 17.1 Å². The first-order chi connectivity index (χ1) is 12.3. The van der Waals surface area contributed by atoms with Gasteiger partial charge in [-0.15, -0.1) is 0 Å². The van der Waals surface area contributed by atoms with Crippen LogP contribution in [0.2, 0.25) is 0 Å². The van der Waals surface area contributed by atoms with Gasteiger partial charge in [0.25, 0.3) is 0 Å². The maximum Gasteiger partial charge on any atom is 0.231 e. The van der Waals surface area contributed by atoms with Gasteiger partial charge >= 0.3 is 0 Å². The molecule has 0 aromatic heterocycles. The Hall–Kier alpha value is -3.78. The van der Waals surface area contributed by atoms with Gasteiger partial charge < -0.3 is 4.90 Å². The number of carbonyl (C=O) groups excluding carboxylic acids is 2. The van der Waals surface area contributed by atoms with E-state index in [0.717, 1.165) is 12.2 Å². The molecular formula is C20H17N3O2. The second-order valence-electron chi connectivity index (χ2n) is 4.55. The predicted octanol–water partition coefficient (Wildman–Crippen LogP) is 4.96. The maximum absolute atomic E-state index is 8.35. The van der Waals surface area contributed by atoms with Crippen molar-refractivity contribution in [1.82, 2.24) is 0 Å². The van der Waals surface area contributed by atoms with E-state index in [1.807, 2.05) is 18.2 Å². The Morgan fingerprint density at radius 3 is 0.920 bits per heavy atom. The lowest BCUT2D eigenvalue weighted by Crippen LogP contribution is -2.09. The quantitative estimate of drug-likeness (QED) is 0.525. The highest BCUT2D eigenvalue weighted by atomic mass is 16.1. The summed E-state index contributed by atoms with van der Waals surface area (Å²) in [5, 5.41) is 10.8. The van der Waals surface area contributed by atoms with Gasteiger partial charge in [0.2, 0.25) is 12.2 Å². The van der Waals surface area contributed by atoms with E-state index in [2.05, 4.69) is 77.7 Å². The number of rotatable bonds is 3. The highest BCUT2D eigenvalue weighted by Gasteiger charge is 2.10. The molecule has 3 aromatic carbocycles. The van der Waals surface area contributed by atoms with Crippen LogP contribution in [0.25, 0.3) is 0 Å². The molecule has 0 spiro atoms. The monoisotopic (exact) mass is 331 g/mol.